The van der Waals surface area contributed by atoms with Gasteiger partial charge in [0, 0.05) is 29.5 Å². The van der Waals surface area contributed by atoms with Crippen molar-refractivity contribution >= 4 is 40.1 Å². The van der Waals surface area contributed by atoms with Gasteiger partial charge in [-0.2, -0.15) is 5.10 Å². The average molecular weight is 405 g/mol. The molecule has 4 rings (SSSR count). The second kappa shape index (κ2) is 7.43. The zero-order valence-corrected chi connectivity index (χ0v) is 16.2. The van der Waals surface area contributed by atoms with Gasteiger partial charge in [0.2, 0.25) is 5.91 Å². The van der Waals surface area contributed by atoms with Crippen LogP contribution in [0.15, 0.2) is 36.4 Å². The van der Waals surface area contributed by atoms with Crippen LogP contribution in [0.3, 0.4) is 0 Å². The van der Waals surface area contributed by atoms with E-state index in [1.54, 1.807) is 31.2 Å². The molecule has 2 heterocycles. The molecular formula is C21H19N5O4. The number of H-pyrrole nitrogens is 1. The third-order valence-corrected chi connectivity index (χ3v) is 5.09. The number of hydrogen-bond donors (Lipinski definition) is 3. The molecule has 0 saturated heterocycles. The SMILES string of the molecule is Cc1[nH]nc(C(N)=O)c1NC(=O)CCCN1C(=O)c2cccc3cccc(c23)C1=O. The largest absolute Gasteiger partial charge is 0.364 e. The standard InChI is InChI=1S/C21H19N5O4/c1-11-17(18(19(22)28)25-24-11)23-15(27)9-4-10-26-20(29)13-7-2-5-12-6-3-8-14(16(12)13)21(26)30/h2-3,5-8H,4,9-10H2,1H3,(H2,22,28)(H,23,27)(H,24,25). The number of imide groups is 1. The number of aromatic nitrogens is 2. The van der Waals surface area contributed by atoms with Gasteiger partial charge in [-0.3, -0.25) is 29.2 Å². The fourth-order valence-electron chi connectivity index (χ4n) is 3.64. The van der Waals surface area contributed by atoms with Crippen LogP contribution in [0.25, 0.3) is 10.8 Å². The highest BCUT2D eigenvalue weighted by Gasteiger charge is 2.32. The van der Waals surface area contributed by atoms with Crippen molar-refractivity contribution in [3.8, 4) is 0 Å². The number of nitrogens with one attached hydrogen (secondary N) is 2. The maximum absolute atomic E-state index is 12.9. The molecule has 0 saturated carbocycles. The molecule has 4 amide bonds. The summed E-state index contributed by atoms with van der Waals surface area (Å²) in [6, 6.07) is 10.7. The highest BCUT2D eigenvalue weighted by Crippen LogP contribution is 2.30. The molecule has 1 aliphatic heterocycles. The lowest BCUT2D eigenvalue weighted by Crippen LogP contribution is -2.41. The molecule has 1 aliphatic rings. The van der Waals surface area contributed by atoms with Crippen molar-refractivity contribution in [3.05, 3.63) is 58.9 Å². The lowest BCUT2D eigenvalue weighted by Gasteiger charge is -2.27. The van der Waals surface area contributed by atoms with Crippen LogP contribution in [0.1, 0.15) is 49.7 Å². The normalized spacial score (nSPS) is 13.0. The number of rotatable bonds is 6. The molecule has 0 aliphatic carbocycles. The van der Waals surface area contributed by atoms with E-state index in [9.17, 15) is 19.2 Å². The molecule has 0 bridgehead atoms. The maximum Gasteiger partial charge on any atom is 0.271 e. The summed E-state index contributed by atoms with van der Waals surface area (Å²) in [7, 11) is 0. The minimum absolute atomic E-state index is 0.0474. The van der Waals surface area contributed by atoms with Gasteiger partial charge in [-0.25, -0.2) is 0 Å². The third-order valence-electron chi connectivity index (χ3n) is 5.09. The Kier molecular flexibility index (Phi) is 4.78. The van der Waals surface area contributed by atoms with Crippen LogP contribution in [0.5, 0.6) is 0 Å². The smallest absolute Gasteiger partial charge is 0.271 e. The first-order chi connectivity index (χ1) is 14.4. The summed E-state index contributed by atoms with van der Waals surface area (Å²) < 4.78 is 0. The van der Waals surface area contributed by atoms with E-state index in [0.29, 0.717) is 22.2 Å². The molecule has 1 aromatic heterocycles. The van der Waals surface area contributed by atoms with E-state index in [1.165, 1.54) is 4.90 Å². The number of nitrogens with two attached hydrogens (primary N) is 1. The monoisotopic (exact) mass is 405 g/mol. The maximum atomic E-state index is 12.9. The van der Waals surface area contributed by atoms with Crippen LogP contribution in [-0.4, -0.2) is 45.3 Å². The van der Waals surface area contributed by atoms with Gasteiger partial charge >= 0.3 is 0 Å². The first-order valence-electron chi connectivity index (χ1n) is 9.41. The van der Waals surface area contributed by atoms with E-state index in [1.807, 2.05) is 12.1 Å². The number of primary amides is 1. The number of anilines is 1. The zero-order valence-electron chi connectivity index (χ0n) is 16.2. The number of amides is 4. The summed E-state index contributed by atoms with van der Waals surface area (Å²) in [5, 5.41) is 10.5. The van der Waals surface area contributed by atoms with Gasteiger partial charge < -0.3 is 11.1 Å². The van der Waals surface area contributed by atoms with E-state index in [0.717, 1.165) is 5.39 Å². The number of hydrogen-bond acceptors (Lipinski definition) is 5. The van der Waals surface area contributed by atoms with Gasteiger partial charge in [-0.15, -0.1) is 0 Å². The predicted octanol–water partition coefficient (Wildman–Crippen LogP) is 1.99. The van der Waals surface area contributed by atoms with E-state index < -0.39 is 5.91 Å². The quantitative estimate of drug-likeness (QED) is 0.538. The molecule has 30 heavy (non-hydrogen) atoms. The van der Waals surface area contributed by atoms with Crippen molar-refractivity contribution in [1.82, 2.24) is 15.1 Å². The topological polar surface area (TPSA) is 138 Å². The van der Waals surface area contributed by atoms with Crippen molar-refractivity contribution in [3.63, 3.8) is 0 Å². The van der Waals surface area contributed by atoms with Gasteiger partial charge in [0.15, 0.2) is 5.69 Å². The summed E-state index contributed by atoms with van der Waals surface area (Å²) in [6.07, 6.45) is 0.315. The Hall–Kier alpha value is -4.01. The van der Waals surface area contributed by atoms with E-state index >= 15 is 0 Å². The van der Waals surface area contributed by atoms with E-state index in [2.05, 4.69) is 15.5 Å². The van der Waals surface area contributed by atoms with Gasteiger partial charge in [-0.05, 0) is 30.9 Å². The Bertz CT molecular complexity index is 1160. The minimum atomic E-state index is -0.757. The molecular weight excluding hydrogens is 386 g/mol. The van der Waals surface area contributed by atoms with Crippen molar-refractivity contribution < 1.29 is 19.2 Å². The van der Waals surface area contributed by atoms with Crippen molar-refractivity contribution in [2.75, 3.05) is 11.9 Å². The second-order valence-electron chi connectivity index (χ2n) is 7.06. The van der Waals surface area contributed by atoms with Crippen molar-refractivity contribution in [2.45, 2.75) is 19.8 Å². The molecule has 4 N–H and O–H groups in total. The molecule has 0 radical (unpaired) electrons. The number of benzene rings is 2. The molecule has 0 spiro atoms. The summed E-state index contributed by atoms with van der Waals surface area (Å²) in [5.74, 6) is -1.87. The summed E-state index contributed by atoms with van der Waals surface area (Å²) >= 11 is 0. The molecule has 3 aromatic rings. The van der Waals surface area contributed by atoms with Crippen LogP contribution >= 0.6 is 0 Å². The van der Waals surface area contributed by atoms with Gasteiger partial charge in [0.05, 0.1) is 11.4 Å². The van der Waals surface area contributed by atoms with Crippen LogP contribution < -0.4 is 11.1 Å². The fourth-order valence-corrected chi connectivity index (χ4v) is 3.64. The van der Waals surface area contributed by atoms with Crippen LogP contribution in [0.4, 0.5) is 5.69 Å². The van der Waals surface area contributed by atoms with Gasteiger partial charge in [0.25, 0.3) is 17.7 Å². The Morgan fingerprint density at radius 1 is 1.10 bits per heavy atom. The van der Waals surface area contributed by atoms with Crippen LogP contribution in [0, 0.1) is 6.92 Å². The molecule has 2 aromatic carbocycles. The van der Waals surface area contributed by atoms with Crippen molar-refractivity contribution in [2.24, 2.45) is 5.73 Å². The first kappa shape index (κ1) is 19.3. The second-order valence-corrected chi connectivity index (χ2v) is 7.06. The molecule has 0 unspecified atom stereocenters. The Morgan fingerprint density at radius 3 is 2.33 bits per heavy atom. The fraction of sp³-hybridized carbons (Fsp3) is 0.190. The highest BCUT2D eigenvalue weighted by atomic mass is 16.2. The first-order valence-corrected chi connectivity index (χ1v) is 9.41. The molecule has 0 fully saturated rings. The Morgan fingerprint density at radius 2 is 1.73 bits per heavy atom. The third kappa shape index (κ3) is 3.20. The zero-order chi connectivity index (χ0) is 21.4. The summed E-state index contributed by atoms with van der Waals surface area (Å²) in [4.78, 5) is 50.6. The molecule has 0 atom stereocenters. The number of carbonyl (C=O) groups is 4. The number of nitrogens with zero attached hydrogens (tertiary/aromatic N) is 2. The highest BCUT2D eigenvalue weighted by molar-refractivity contribution is 6.25. The Labute approximate surface area is 171 Å². The van der Waals surface area contributed by atoms with Gasteiger partial charge in [0.1, 0.15) is 0 Å². The minimum Gasteiger partial charge on any atom is -0.364 e. The summed E-state index contributed by atoms with van der Waals surface area (Å²) in [5.41, 5.74) is 6.89. The average Bonchev–Trinajstić information content (AvgIpc) is 3.09. The van der Waals surface area contributed by atoms with E-state index in [4.69, 9.17) is 5.73 Å². The molecule has 9 nitrogen and oxygen atoms in total. The van der Waals surface area contributed by atoms with E-state index in [-0.39, 0.29) is 48.5 Å². The van der Waals surface area contributed by atoms with Crippen LogP contribution in [0.2, 0.25) is 0 Å². The Balaban J connectivity index is 1.44. The predicted molar refractivity (Wildman–Crippen MR) is 109 cm³/mol. The summed E-state index contributed by atoms with van der Waals surface area (Å²) in [6.45, 7) is 1.75. The van der Waals surface area contributed by atoms with Crippen molar-refractivity contribution in [1.29, 1.82) is 0 Å². The number of aryl methyl sites for hydroxylation is 1. The number of aromatic amines is 1. The van der Waals surface area contributed by atoms with Gasteiger partial charge in [-0.1, -0.05) is 24.3 Å². The lowest BCUT2D eigenvalue weighted by molar-refractivity contribution is -0.116. The molecule has 152 valence electrons. The molecule has 9 heteroatoms. The van der Waals surface area contributed by atoms with Crippen LogP contribution in [-0.2, 0) is 4.79 Å². The number of carbonyl (C=O) groups excluding carboxylic acids is 4. The lowest BCUT2D eigenvalue weighted by atomic mass is 9.94.